The van der Waals surface area contributed by atoms with Gasteiger partial charge in [0.05, 0.1) is 5.38 Å². The fourth-order valence-electron chi connectivity index (χ4n) is 1.26. The number of rotatable bonds is 2. The van der Waals surface area contributed by atoms with E-state index in [9.17, 15) is 9.59 Å². The molecule has 0 aromatic carbocycles. The number of aryl methyl sites for hydroxylation is 1. The largest absolute Gasteiger partial charge is 0.455 e. The molecule has 2 amide bonds. The lowest BCUT2D eigenvalue weighted by Crippen LogP contribution is -2.38. The zero-order valence-corrected chi connectivity index (χ0v) is 9.34. The van der Waals surface area contributed by atoms with Crippen molar-refractivity contribution in [1.29, 1.82) is 0 Å². The first-order chi connectivity index (χ1) is 7.09. The lowest BCUT2D eigenvalue weighted by molar-refractivity contribution is -0.680. The number of aromatic nitrogens is 1. The van der Waals surface area contributed by atoms with Crippen LogP contribution in [0, 0.1) is 6.92 Å². The van der Waals surface area contributed by atoms with Crippen LogP contribution in [0.1, 0.15) is 18.5 Å². The van der Waals surface area contributed by atoms with Crippen LogP contribution in [-0.4, -0.2) is 16.9 Å². The van der Waals surface area contributed by atoms with E-state index in [1.54, 1.807) is 4.57 Å². The first-order valence-corrected chi connectivity index (χ1v) is 5.45. The summed E-state index contributed by atoms with van der Waals surface area (Å²) >= 11 is 1.36. The first kappa shape index (κ1) is 10.1. The molecule has 0 unspecified atom stereocenters. The molecule has 1 aromatic rings. The second kappa shape index (κ2) is 3.62. The van der Waals surface area contributed by atoms with Crippen LogP contribution in [0.15, 0.2) is 5.38 Å². The molecule has 15 heavy (non-hydrogen) atoms. The summed E-state index contributed by atoms with van der Waals surface area (Å²) in [6.07, 6.45) is 0.486. The van der Waals surface area contributed by atoms with E-state index >= 15 is 0 Å². The SMILES string of the molecule is Cc1csc(ON2C(=O)CCC2=O)[n+]1C. The van der Waals surface area contributed by atoms with Crippen molar-refractivity contribution < 1.29 is 19.0 Å². The van der Waals surface area contributed by atoms with Crippen molar-refractivity contribution in [1.82, 2.24) is 5.06 Å². The van der Waals surface area contributed by atoms with Gasteiger partial charge in [-0.25, -0.2) is 0 Å². The zero-order chi connectivity index (χ0) is 11.0. The average molecular weight is 227 g/mol. The van der Waals surface area contributed by atoms with Gasteiger partial charge in [0.25, 0.3) is 11.8 Å². The summed E-state index contributed by atoms with van der Waals surface area (Å²) in [5, 5.41) is 3.29. The average Bonchev–Trinajstić information content (AvgIpc) is 2.68. The Kier molecular flexibility index (Phi) is 2.44. The molecule has 1 aliphatic rings. The van der Waals surface area contributed by atoms with Crippen LogP contribution < -0.4 is 9.40 Å². The van der Waals surface area contributed by atoms with Gasteiger partial charge in [0.1, 0.15) is 7.05 Å². The molecule has 80 valence electrons. The Hall–Kier alpha value is -1.43. The van der Waals surface area contributed by atoms with Crippen molar-refractivity contribution in [2.45, 2.75) is 19.8 Å². The molecule has 0 aliphatic carbocycles. The van der Waals surface area contributed by atoms with Crippen molar-refractivity contribution in [3.8, 4) is 5.19 Å². The third kappa shape index (κ3) is 1.72. The van der Waals surface area contributed by atoms with E-state index in [1.165, 1.54) is 11.3 Å². The maximum absolute atomic E-state index is 11.3. The van der Waals surface area contributed by atoms with Crippen LogP contribution in [0.3, 0.4) is 0 Å². The highest BCUT2D eigenvalue weighted by molar-refractivity contribution is 7.11. The Labute approximate surface area is 90.8 Å². The number of hydrogen-bond donors (Lipinski definition) is 0. The molecule has 6 heteroatoms. The summed E-state index contributed by atoms with van der Waals surface area (Å²) in [7, 11) is 1.83. The number of hydroxylamine groups is 2. The Morgan fingerprint density at radius 3 is 2.47 bits per heavy atom. The first-order valence-electron chi connectivity index (χ1n) is 4.57. The summed E-state index contributed by atoms with van der Waals surface area (Å²) in [5.74, 6) is -0.544. The molecule has 0 bridgehead atoms. The lowest BCUT2D eigenvalue weighted by Gasteiger charge is -2.09. The predicted molar refractivity (Wildman–Crippen MR) is 51.9 cm³/mol. The van der Waals surface area contributed by atoms with Gasteiger partial charge in [-0.15, -0.1) is 0 Å². The van der Waals surface area contributed by atoms with Crippen LogP contribution >= 0.6 is 11.3 Å². The second-order valence-corrected chi connectivity index (χ2v) is 4.20. The van der Waals surface area contributed by atoms with E-state index in [4.69, 9.17) is 4.84 Å². The number of carbonyl (C=O) groups excluding carboxylic acids is 2. The van der Waals surface area contributed by atoms with Crippen molar-refractivity contribution in [2.75, 3.05) is 0 Å². The quantitative estimate of drug-likeness (QED) is 0.540. The maximum atomic E-state index is 11.3. The van der Waals surface area contributed by atoms with Crippen molar-refractivity contribution >= 4 is 23.2 Å². The molecule has 1 saturated heterocycles. The fraction of sp³-hybridized carbons (Fsp3) is 0.444. The number of carbonyl (C=O) groups is 2. The van der Waals surface area contributed by atoms with Gasteiger partial charge < -0.3 is 0 Å². The molecular formula is C9H11N2O3S+. The van der Waals surface area contributed by atoms with Gasteiger partial charge in [-0.2, -0.15) is 4.57 Å². The highest BCUT2D eigenvalue weighted by Gasteiger charge is 2.34. The van der Waals surface area contributed by atoms with Gasteiger partial charge >= 0.3 is 5.19 Å². The van der Waals surface area contributed by atoms with E-state index < -0.39 is 0 Å². The van der Waals surface area contributed by atoms with Crippen LogP contribution in [0.5, 0.6) is 5.19 Å². The molecule has 5 nitrogen and oxygen atoms in total. The van der Waals surface area contributed by atoms with E-state index in [1.807, 2.05) is 19.4 Å². The summed E-state index contributed by atoms with van der Waals surface area (Å²) in [6.45, 7) is 1.93. The molecule has 0 atom stereocenters. The number of nitrogens with zero attached hydrogens (tertiary/aromatic N) is 2. The summed E-state index contributed by atoms with van der Waals surface area (Å²) in [5.41, 5.74) is 1.02. The molecule has 1 aliphatic heterocycles. The smallest absolute Gasteiger partial charge is 0.297 e. The monoisotopic (exact) mass is 227 g/mol. The lowest BCUT2D eigenvalue weighted by atomic mass is 10.4. The normalized spacial score (nSPS) is 16.3. The molecule has 0 radical (unpaired) electrons. The van der Waals surface area contributed by atoms with Gasteiger partial charge in [-0.05, 0) is 11.3 Å². The molecule has 0 N–H and O–H groups in total. The fourth-order valence-corrected chi connectivity index (χ4v) is 2.11. The number of amides is 2. The standard InChI is InChI=1S/C9H11N2O3S/c1-6-5-15-9(10(6)2)14-11-7(12)3-4-8(11)13/h5H,3-4H2,1-2H3/q+1. The van der Waals surface area contributed by atoms with Crippen LogP contribution in [0.2, 0.25) is 0 Å². The third-order valence-electron chi connectivity index (χ3n) is 2.31. The van der Waals surface area contributed by atoms with Crippen molar-refractivity contribution in [3.05, 3.63) is 11.1 Å². The van der Waals surface area contributed by atoms with Crippen LogP contribution in [-0.2, 0) is 16.6 Å². The Morgan fingerprint density at radius 1 is 1.40 bits per heavy atom. The highest BCUT2D eigenvalue weighted by atomic mass is 32.1. The van der Waals surface area contributed by atoms with E-state index in [2.05, 4.69) is 0 Å². The predicted octanol–water partition coefficient (Wildman–Crippen LogP) is 0.324. The van der Waals surface area contributed by atoms with E-state index in [-0.39, 0.29) is 24.7 Å². The molecular weight excluding hydrogens is 216 g/mol. The van der Waals surface area contributed by atoms with Crippen LogP contribution in [0.4, 0.5) is 0 Å². The van der Waals surface area contributed by atoms with Gasteiger partial charge in [0.2, 0.25) is 0 Å². The van der Waals surface area contributed by atoms with Gasteiger partial charge in [0, 0.05) is 19.8 Å². The third-order valence-corrected chi connectivity index (χ3v) is 3.32. The van der Waals surface area contributed by atoms with Crippen molar-refractivity contribution in [3.63, 3.8) is 0 Å². The Morgan fingerprint density at radius 2 is 2.00 bits per heavy atom. The molecule has 2 rings (SSSR count). The van der Waals surface area contributed by atoms with Crippen molar-refractivity contribution in [2.24, 2.45) is 7.05 Å². The van der Waals surface area contributed by atoms with E-state index in [0.29, 0.717) is 5.19 Å². The highest BCUT2D eigenvalue weighted by Crippen LogP contribution is 2.19. The minimum atomic E-state index is -0.272. The van der Waals surface area contributed by atoms with Gasteiger partial charge in [-0.1, -0.05) is 5.06 Å². The molecule has 0 saturated carbocycles. The molecule has 0 spiro atoms. The second-order valence-electron chi connectivity index (χ2n) is 3.38. The Bertz CT molecular complexity index is 411. The zero-order valence-electron chi connectivity index (χ0n) is 8.52. The molecule has 2 heterocycles. The minimum Gasteiger partial charge on any atom is -0.297 e. The maximum Gasteiger partial charge on any atom is 0.455 e. The summed E-state index contributed by atoms with van der Waals surface area (Å²) < 4.78 is 1.80. The molecule has 1 fully saturated rings. The van der Waals surface area contributed by atoms with E-state index in [0.717, 1.165) is 10.8 Å². The summed E-state index contributed by atoms with van der Waals surface area (Å²) in [6, 6.07) is 0. The van der Waals surface area contributed by atoms with Crippen LogP contribution in [0.25, 0.3) is 0 Å². The topological polar surface area (TPSA) is 50.5 Å². The number of imide groups is 1. The van der Waals surface area contributed by atoms with Gasteiger partial charge in [-0.3, -0.25) is 14.4 Å². The number of thiazole rings is 1. The summed E-state index contributed by atoms with van der Waals surface area (Å²) in [4.78, 5) is 27.8. The minimum absolute atomic E-state index is 0.243. The Balaban J connectivity index is 2.18. The van der Waals surface area contributed by atoms with Gasteiger partial charge in [0.15, 0.2) is 5.69 Å². The number of hydrogen-bond acceptors (Lipinski definition) is 4. The molecule has 1 aromatic heterocycles.